The van der Waals surface area contributed by atoms with Crippen LogP contribution in [-0.2, 0) is 0 Å². The summed E-state index contributed by atoms with van der Waals surface area (Å²) in [6.07, 6.45) is 2.67. The summed E-state index contributed by atoms with van der Waals surface area (Å²) in [5, 5.41) is 0. The molecule has 0 amide bonds. The van der Waals surface area contributed by atoms with E-state index in [0.29, 0.717) is 10.8 Å². The standard InChI is InChI=1S/C12H26S2/c1-7-8-9-13-14-10-12(5,6)11(2,3)4/h7-10H2,1-6H3. The molecule has 0 fully saturated rings. The predicted octanol–water partition coefficient (Wildman–Crippen LogP) is 5.24. The molecule has 0 saturated carbocycles. The molecular formula is C12H26S2. The van der Waals surface area contributed by atoms with Crippen molar-refractivity contribution in [1.29, 1.82) is 0 Å². The highest BCUT2D eigenvalue weighted by atomic mass is 33.1. The molecule has 14 heavy (non-hydrogen) atoms. The predicted molar refractivity (Wildman–Crippen MR) is 73.1 cm³/mol. The zero-order valence-electron chi connectivity index (χ0n) is 10.6. The SMILES string of the molecule is CCCCSSCC(C)(C)C(C)(C)C. The van der Waals surface area contributed by atoms with Gasteiger partial charge in [0.05, 0.1) is 0 Å². The van der Waals surface area contributed by atoms with Crippen molar-refractivity contribution in [3.63, 3.8) is 0 Å². The molecule has 0 radical (unpaired) electrons. The van der Waals surface area contributed by atoms with Gasteiger partial charge in [0.15, 0.2) is 0 Å². The second kappa shape index (κ2) is 6.32. The lowest BCUT2D eigenvalue weighted by molar-refractivity contribution is 0.163. The van der Waals surface area contributed by atoms with Crippen molar-refractivity contribution in [2.75, 3.05) is 11.5 Å². The monoisotopic (exact) mass is 234 g/mol. The van der Waals surface area contributed by atoms with Gasteiger partial charge >= 0.3 is 0 Å². The normalized spacial score (nSPS) is 13.3. The zero-order chi connectivity index (χ0) is 11.2. The van der Waals surface area contributed by atoms with E-state index in [1.54, 1.807) is 0 Å². The van der Waals surface area contributed by atoms with Gasteiger partial charge in [-0.2, -0.15) is 0 Å². The van der Waals surface area contributed by atoms with Crippen LogP contribution in [0.4, 0.5) is 0 Å². The summed E-state index contributed by atoms with van der Waals surface area (Å²) in [4.78, 5) is 0. The topological polar surface area (TPSA) is 0 Å². The van der Waals surface area contributed by atoms with Crippen LogP contribution in [0.3, 0.4) is 0 Å². The summed E-state index contributed by atoms with van der Waals surface area (Å²) in [5.41, 5.74) is 0.836. The molecule has 0 unspecified atom stereocenters. The maximum Gasteiger partial charge on any atom is 0.00933 e. The van der Waals surface area contributed by atoms with Crippen molar-refractivity contribution in [1.82, 2.24) is 0 Å². The van der Waals surface area contributed by atoms with Crippen molar-refractivity contribution in [3.05, 3.63) is 0 Å². The van der Waals surface area contributed by atoms with Crippen LogP contribution in [0, 0.1) is 10.8 Å². The van der Waals surface area contributed by atoms with Crippen LogP contribution in [-0.4, -0.2) is 11.5 Å². The molecule has 2 heteroatoms. The largest absolute Gasteiger partial charge is 0.0941 e. The van der Waals surface area contributed by atoms with Crippen molar-refractivity contribution < 1.29 is 0 Å². The van der Waals surface area contributed by atoms with Crippen LogP contribution in [0.5, 0.6) is 0 Å². The van der Waals surface area contributed by atoms with Crippen molar-refractivity contribution in [3.8, 4) is 0 Å². The van der Waals surface area contributed by atoms with E-state index < -0.39 is 0 Å². The fourth-order valence-corrected chi connectivity index (χ4v) is 3.84. The van der Waals surface area contributed by atoms with Gasteiger partial charge < -0.3 is 0 Å². The first-order valence-corrected chi connectivity index (χ1v) is 8.04. The lowest BCUT2D eigenvalue weighted by atomic mass is 9.71. The van der Waals surface area contributed by atoms with Crippen molar-refractivity contribution >= 4 is 21.6 Å². The molecule has 86 valence electrons. The first kappa shape index (κ1) is 14.7. The molecule has 0 rings (SSSR count). The Labute approximate surface area is 98.4 Å². The van der Waals surface area contributed by atoms with Gasteiger partial charge in [-0.15, -0.1) is 0 Å². The Balaban J connectivity index is 3.67. The van der Waals surface area contributed by atoms with Crippen LogP contribution in [0.2, 0.25) is 0 Å². The highest BCUT2D eigenvalue weighted by Crippen LogP contribution is 2.42. The van der Waals surface area contributed by atoms with Gasteiger partial charge in [0, 0.05) is 11.5 Å². The summed E-state index contributed by atoms with van der Waals surface area (Å²) in [7, 11) is 4.08. The molecule has 0 aromatic carbocycles. The molecule has 0 aromatic rings. The Kier molecular flexibility index (Phi) is 6.63. The highest BCUT2D eigenvalue weighted by Gasteiger charge is 2.32. The maximum absolute atomic E-state index is 2.38. The summed E-state index contributed by atoms with van der Waals surface area (Å²) in [6, 6.07) is 0. The van der Waals surface area contributed by atoms with E-state index >= 15 is 0 Å². The quantitative estimate of drug-likeness (QED) is 0.455. The summed E-state index contributed by atoms with van der Waals surface area (Å²) >= 11 is 0. The average molecular weight is 234 g/mol. The van der Waals surface area contributed by atoms with Crippen LogP contribution in [0.1, 0.15) is 54.4 Å². The molecule has 0 atom stereocenters. The fourth-order valence-electron chi connectivity index (χ4n) is 0.668. The third-order valence-corrected chi connectivity index (χ3v) is 5.93. The summed E-state index contributed by atoms with van der Waals surface area (Å²) in [5.74, 6) is 2.56. The molecule has 0 N–H and O–H groups in total. The first-order chi connectivity index (χ1) is 6.31. The third kappa shape index (κ3) is 5.55. The smallest absolute Gasteiger partial charge is 0.00933 e. The lowest BCUT2D eigenvalue weighted by Crippen LogP contribution is -2.31. The minimum absolute atomic E-state index is 0.408. The molecule has 0 aliphatic heterocycles. The number of unbranched alkanes of at least 4 members (excludes halogenated alkanes) is 1. The van der Waals surface area contributed by atoms with E-state index in [2.05, 4.69) is 41.5 Å². The minimum atomic E-state index is 0.408. The van der Waals surface area contributed by atoms with Crippen molar-refractivity contribution in [2.24, 2.45) is 10.8 Å². The molecule has 0 bridgehead atoms. The lowest BCUT2D eigenvalue weighted by Gasteiger charge is -2.38. The van der Waals surface area contributed by atoms with E-state index in [-0.39, 0.29) is 0 Å². The molecule has 0 spiro atoms. The minimum Gasteiger partial charge on any atom is -0.0941 e. The highest BCUT2D eigenvalue weighted by molar-refractivity contribution is 8.76. The third-order valence-electron chi connectivity index (χ3n) is 3.11. The maximum atomic E-state index is 2.38. The number of hydrogen-bond acceptors (Lipinski definition) is 2. The molecule has 0 aromatic heterocycles. The Bertz CT molecular complexity index is 145. The molecular weight excluding hydrogens is 208 g/mol. The average Bonchev–Trinajstić information content (AvgIpc) is 2.02. The van der Waals surface area contributed by atoms with Gasteiger partial charge in [-0.1, -0.05) is 69.6 Å². The van der Waals surface area contributed by atoms with Gasteiger partial charge in [-0.3, -0.25) is 0 Å². The molecule has 0 nitrogen and oxygen atoms in total. The molecule has 0 aliphatic carbocycles. The first-order valence-electron chi connectivity index (χ1n) is 5.55. The van der Waals surface area contributed by atoms with Crippen LogP contribution < -0.4 is 0 Å². The molecule has 0 saturated heterocycles. The van der Waals surface area contributed by atoms with Gasteiger partial charge in [-0.25, -0.2) is 0 Å². The second-order valence-electron chi connectivity index (χ2n) is 5.57. The van der Waals surface area contributed by atoms with Gasteiger partial charge in [0.2, 0.25) is 0 Å². The zero-order valence-corrected chi connectivity index (χ0v) is 12.3. The number of rotatable bonds is 6. The van der Waals surface area contributed by atoms with E-state index in [9.17, 15) is 0 Å². The molecule has 0 aliphatic rings. The van der Waals surface area contributed by atoms with E-state index in [1.807, 2.05) is 21.6 Å². The summed E-state index contributed by atoms with van der Waals surface area (Å²) < 4.78 is 0. The Morgan fingerprint density at radius 1 is 0.929 bits per heavy atom. The van der Waals surface area contributed by atoms with Gasteiger partial charge in [-0.05, 0) is 17.3 Å². The fraction of sp³-hybridized carbons (Fsp3) is 1.00. The summed E-state index contributed by atoms with van der Waals surface area (Å²) in [6.45, 7) is 14.0. The van der Waals surface area contributed by atoms with Gasteiger partial charge in [0.25, 0.3) is 0 Å². The van der Waals surface area contributed by atoms with E-state index in [0.717, 1.165) is 0 Å². The number of hydrogen-bond donors (Lipinski definition) is 0. The Morgan fingerprint density at radius 2 is 1.50 bits per heavy atom. The Morgan fingerprint density at radius 3 is 1.93 bits per heavy atom. The van der Waals surface area contributed by atoms with Crippen LogP contribution in [0.15, 0.2) is 0 Å². The van der Waals surface area contributed by atoms with Crippen LogP contribution in [0.25, 0.3) is 0 Å². The van der Waals surface area contributed by atoms with E-state index in [4.69, 9.17) is 0 Å². The second-order valence-corrected chi connectivity index (χ2v) is 8.15. The van der Waals surface area contributed by atoms with Crippen LogP contribution >= 0.6 is 21.6 Å². The van der Waals surface area contributed by atoms with Crippen molar-refractivity contribution in [2.45, 2.75) is 54.4 Å². The van der Waals surface area contributed by atoms with E-state index in [1.165, 1.54) is 24.3 Å². The Hall–Kier alpha value is 0.700. The molecule has 0 heterocycles. The van der Waals surface area contributed by atoms with Gasteiger partial charge in [0.1, 0.15) is 0 Å².